The Morgan fingerprint density at radius 2 is 2.12 bits per heavy atom. The molecule has 0 aliphatic heterocycles. The molecule has 3 aromatic rings. The third kappa shape index (κ3) is 2.21. The van der Waals surface area contributed by atoms with E-state index in [-0.39, 0.29) is 17.0 Å². The zero-order chi connectivity index (χ0) is 16.7. The van der Waals surface area contributed by atoms with E-state index in [1.54, 1.807) is 0 Å². The fourth-order valence-corrected chi connectivity index (χ4v) is 2.89. The number of nitrogens with zero attached hydrogens (tertiary/aromatic N) is 3. The molecule has 0 atom stereocenters. The largest absolute Gasteiger partial charge is 0.511 e. The van der Waals surface area contributed by atoms with Crippen LogP contribution in [0.5, 0.6) is 0 Å². The summed E-state index contributed by atoms with van der Waals surface area (Å²) in [5, 5.41) is 12.7. The number of aliphatic hydroxyl groups is 1. The Kier molecular flexibility index (Phi) is 3.26. The Morgan fingerprint density at radius 3 is 2.96 bits per heavy atom. The van der Waals surface area contributed by atoms with E-state index in [4.69, 9.17) is 0 Å². The number of carbonyl (C=O) groups excluding carboxylic acids is 1. The number of allylic oxidation sites excluding steroid dienone is 1. The second-order valence-corrected chi connectivity index (χ2v) is 5.45. The molecular formula is C17H13FN4O2. The predicted octanol–water partition coefficient (Wildman–Crippen LogP) is 2.72. The fraction of sp³-hybridized carbons (Fsp3) is 0.118. The van der Waals surface area contributed by atoms with Gasteiger partial charge in [0.2, 0.25) is 5.95 Å². The van der Waals surface area contributed by atoms with E-state index < -0.39 is 11.9 Å². The van der Waals surface area contributed by atoms with Gasteiger partial charge >= 0.3 is 0 Å². The molecule has 3 aromatic heterocycles. The molecule has 120 valence electrons. The molecule has 0 fully saturated rings. The van der Waals surface area contributed by atoms with Crippen molar-refractivity contribution in [2.24, 2.45) is 0 Å². The van der Waals surface area contributed by atoms with Crippen LogP contribution in [0, 0.1) is 5.95 Å². The molecule has 0 saturated carbocycles. The zero-order valence-corrected chi connectivity index (χ0v) is 12.5. The molecular weight excluding hydrogens is 311 g/mol. The number of rotatable bonds is 2. The molecule has 4 rings (SSSR count). The normalized spacial score (nSPS) is 13.9. The minimum absolute atomic E-state index is 0.0429. The molecule has 0 unspecified atom stereocenters. The lowest BCUT2D eigenvalue weighted by Crippen LogP contribution is -2.20. The molecule has 7 heteroatoms. The number of halogens is 1. The minimum Gasteiger partial charge on any atom is -0.511 e. The summed E-state index contributed by atoms with van der Waals surface area (Å²) in [6.45, 7) is 0. The molecule has 1 amide bonds. The number of hydrogen-bond acceptors (Lipinski definition) is 4. The Bertz CT molecular complexity index is 993. The smallest absolute Gasteiger partial charge is 0.261 e. The van der Waals surface area contributed by atoms with Crippen LogP contribution in [0.4, 0.5) is 10.1 Å². The highest BCUT2D eigenvalue weighted by molar-refractivity contribution is 6.25. The highest BCUT2D eigenvalue weighted by Gasteiger charge is 2.29. The van der Waals surface area contributed by atoms with Gasteiger partial charge in [-0.2, -0.15) is 4.39 Å². The number of nitrogens with one attached hydrogen (secondary N) is 1. The number of imidazole rings is 1. The molecule has 0 bridgehead atoms. The third-order valence-electron chi connectivity index (χ3n) is 3.99. The van der Waals surface area contributed by atoms with Gasteiger partial charge in [-0.1, -0.05) is 6.07 Å². The lowest BCUT2D eigenvalue weighted by atomic mass is 9.97. The van der Waals surface area contributed by atoms with Gasteiger partial charge in [0.05, 0.1) is 11.4 Å². The van der Waals surface area contributed by atoms with Crippen molar-refractivity contribution in [1.82, 2.24) is 14.4 Å². The first-order valence-electron chi connectivity index (χ1n) is 7.45. The van der Waals surface area contributed by atoms with E-state index in [9.17, 15) is 14.3 Å². The highest BCUT2D eigenvalue weighted by Crippen LogP contribution is 2.31. The van der Waals surface area contributed by atoms with Crippen molar-refractivity contribution in [2.45, 2.75) is 12.8 Å². The van der Waals surface area contributed by atoms with Crippen LogP contribution in [0.25, 0.3) is 11.2 Å². The topological polar surface area (TPSA) is 79.5 Å². The maximum Gasteiger partial charge on any atom is 0.261 e. The van der Waals surface area contributed by atoms with Crippen LogP contribution in [0.1, 0.15) is 17.8 Å². The standard InChI is InChI=1S/C17H13FN4O2/c18-16-10(4-3-8-19-16)20-17(24)14-12(23)7-6-11-15(14)21-13-5-1-2-9-22(11)13/h1-5,8-9,23H,6-7H2,(H,20,24). The van der Waals surface area contributed by atoms with Crippen LogP contribution >= 0.6 is 0 Å². The number of pyridine rings is 2. The Morgan fingerprint density at radius 1 is 1.25 bits per heavy atom. The summed E-state index contributed by atoms with van der Waals surface area (Å²) in [6, 6.07) is 8.47. The summed E-state index contributed by atoms with van der Waals surface area (Å²) in [5.74, 6) is -1.44. The molecule has 0 radical (unpaired) electrons. The first-order chi connectivity index (χ1) is 11.6. The average Bonchev–Trinajstić information content (AvgIpc) is 2.95. The van der Waals surface area contributed by atoms with Crippen molar-refractivity contribution in [1.29, 1.82) is 0 Å². The van der Waals surface area contributed by atoms with E-state index in [1.807, 2.05) is 28.8 Å². The summed E-state index contributed by atoms with van der Waals surface area (Å²) >= 11 is 0. The number of anilines is 1. The van der Waals surface area contributed by atoms with Crippen LogP contribution < -0.4 is 5.32 Å². The van der Waals surface area contributed by atoms with E-state index >= 15 is 0 Å². The van der Waals surface area contributed by atoms with Gasteiger partial charge in [0.25, 0.3) is 5.91 Å². The van der Waals surface area contributed by atoms with Gasteiger partial charge in [0.1, 0.15) is 22.7 Å². The van der Waals surface area contributed by atoms with Crippen LogP contribution in [0.3, 0.4) is 0 Å². The van der Waals surface area contributed by atoms with E-state index in [1.165, 1.54) is 18.3 Å². The number of fused-ring (bicyclic) bond motifs is 3. The fourth-order valence-electron chi connectivity index (χ4n) is 2.89. The third-order valence-corrected chi connectivity index (χ3v) is 3.99. The molecule has 6 nitrogen and oxygen atoms in total. The summed E-state index contributed by atoms with van der Waals surface area (Å²) < 4.78 is 15.5. The molecule has 1 aliphatic rings. The minimum atomic E-state index is -0.781. The number of hydrogen-bond donors (Lipinski definition) is 2. The molecule has 2 N–H and O–H groups in total. The number of amides is 1. The second-order valence-electron chi connectivity index (χ2n) is 5.45. The van der Waals surface area contributed by atoms with Gasteiger partial charge < -0.3 is 14.8 Å². The molecule has 1 aliphatic carbocycles. The van der Waals surface area contributed by atoms with Crippen molar-refractivity contribution in [2.75, 3.05) is 5.32 Å². The molecule has 24 heavy (non-hydrogen) atoms. The maximum absolute atomic E-state index is 13.7. The monoisotopic (exact) mass is 324 g/mol. The maximum atomic E-state index is 13.7. The lowest BCUT2D eigenvalue weighted by Gasteiger charge is -2.16. The molecule has 0 spiro atoms. The van der Waals surface area contributed by atoms with Crippen LogP contribution in [-0.2, 0) is 11.2 Å². The van der Waals surface area contributed by atoms with Crippen molar-refractivity contribution in [3.05, 3.63) is 65.8 Å². The SMILES string of the molecule is O=C(Nc1cccnc1F)C1=C(O)CCc2c1nc1ccccn21. The summed E-state index contributed by atoms with van der Waals surface area (Å²) in [7, 11) is 0. The van der Waals surface area contributed by atoms with Crippen molar-refractivity contribution in [3.8, 4) is 0 Å². The first kappa shape index (κ1) is 14.4. The first-order valence-corrected chi connectivity index (χ1v) is 7.45. The van der Waals surface area contributed by atoms with Gasteiger partial charge in [0, 0.05) is 18.8 Å². The Hall–Kier alpha value is -3.22. The Balaban J connectivity index is 1.78. The van der Waals surface area contributed by atoms with E-state index in [2.05, 4.69) is 15.3 Å². The average molecular weight is 324 g/mol. The van der Waals surface area contributed by atoms with Gasteiger partial charge in [-0.25, -0.2) is 9.97 Å². The molecule has 0 saturated heterocycles. The van der Waals surface area contributed by atoms with E-state index in [0.29, 0.717) is 24.2 Å². The highest BCUT2D eigenvalue weighted by atomic mass is 19.1. The van der Waals surface area contributed by atoms with Gasteiger partial charge in [-0.05, 0) is 30.7 Å². The van der Waals surface area contributed by atoms with Gasteiger partial charge in [-0.15, -0.1) is 0 Å². The van der Waals surface area contributed by atoms with Crippen LogP contribution in [-0.4, -0.2) is 25.4 Å². The molecule has 3 heterocycles. The van der Waals surface area contributed by atoms with Crippen LogP contribution in [0.15, 0.2) is 48.5 Å². The number of aryl methyl sites for hydroxylation is 1. The molecule has 0 aromatic carbocycles. The van der Waals surface area contributed by atoms with Crippen LogP contribution in [0.2, 0.25) is 0 Å². The van der Waals surface area contributed by atoms with E-state index in [0.717, 1.165) is 5.69 Å². The van der Waals surface area contributed by atoms with Gasteiger partial charge in [0.15, 0.2) is 0 Å². The van der Waals surface area contributed by atoms with Gasteiger partial charge in [-0.3, -0.25) is 4.79 Å². The number of aromatic nitrogens is 3. The van der Waals surface area contributed by atoms with Crippen molar-refractivity contribution >= 4 is 22.8 Å². The van der Waals surface area contributed by atoms with Crippen molar-refractivity contribution < 1.29 is 14.3 Å². The van der Waals surface area contributed by atoms with Crippen molar-refractivity contribution in [3.63, 3.8) is 0 Å². The zero-order valence-electron chi connectivity index (χ0n) is 12.5. The predicted molar refractivity (Wildman–Crippen MR) is 85.9 cm³/mol. The summed E-state index contributed by atoms with van der Waals surface area (Å²) in [4.78, 5) is 20.5. The number of carbonyl (C=O) groups is 1. The summed E-state index contributed by atoms with van der Waals surface area (Å²) in [6.07, 6.45) is 4.06. The quantitative estimate of drug-likeness (QED) is 0.710. The number of aliphatic hydroxyl groups excluding tert-OH is 1. The second kappa shape index (κ2) is 5.45. The lowest BCUT2D eigenvalue weighted by molar-refractivity contribution is -0.111. The summed E-state index contributed by atoms with van der Waals surface area (Å²) in [5.41, 5.74) is 1.99. The Labute approximate surface area is 136 Å².